The van der Waals surface area contributed by atoms with Crippen LogP contribution in [0.2, 0.25) is 5.15 Å². The highest BCUT2D eigenvalue weighted by atomic mass is 35.5. The summed E-state index contributed by atoms with van der Waals surface area (Å²) < 4.78 is 34.9. The van der Waals surface area contributed by atoms with E-state index < -0.39 is 6.29 Å². The second kappa shape index (κ2) is 10.00. The smallest absolute Gasteiger partial charge is 0.395 e. The van der Waals surface area contributed by atoms with Crippen molar-refractivity contribution in [1.82, 2.24) is 14.9 Å². The van der Waals surface area contributed by atoms with Gasteiger partial charge in [-0.2, -0.15) is 10.5 Å². The molecule has 1 saturated heterocycles. The van der Waals surface area contributed by atoms with Gasteiger partial charge in [-0.25, -0.2) is 4.98 Å². The average Bonchev–Trinajstić information content (AvgIpc) is 3.53. The molecule has 0 saturated carbocycles. The molecule has 0 bridgehead atoms. The molecule has 34 heavy (non-hydrogen) atoms. The first-order valence-electron chi connectivity index (χ1n) is 9.81. The lowest BCUT2D eigenvalue weighted by Crippen LogP contribution is -2.26. The van der Waals surface area contributed by atoms with Crippen LogP contribution < -0.4 is 9.47 Å². The largest absolute Gasteiger partial charge is 0.586 e. The quantitative estimate of drug-likeness (QED) is 0.398. The zero-order valence-corrected chi connectivity index (χ0v) is 18.9. The molecular formula is C22H15ClF2N6O2S. The number of aliphatic imine (C=N–C) groups is 1. The lowest BCUT2D eigenvalue weighted by atomic mass is 10.0. The van der Waals surface area contributed by atoms with E-state index in [0.29, 0.717) is 21.8 Å². The maximum atomic E-state index is 13.0. The van der Waals surface area contributed by atoms with Gasteiger partial charge in [-0.15, -0.1) is 13.8 Å². The third-order valence-corrected chi connectivity index (χ3v) is 5.97. The summed E-state index contributed by atoms with van der Waals surface area (Å²) in [5.41, 5.74) is 2.30. The molecule has 0 aliphatic carbocycles. The Kier molecular flexibility index (Phi) is 6.87. The number of nitrogens with zero attached hydrogens (tertiary/aromatic N) is 5. The Morgan fingerprint density at radius 3 is 2.79 bits per heavy atom. The summed E-state index contributed by atoms with van der Waals surface area (Å²) in [5, 5.41) is 18.7. The Hall–Kier alpha value is -3.80. The number of aromatic amines is 1. The van der Waals surface area contributed by atoms with Crippen molar-refractivity contribution in [2.24, 2.45) is 4.99 Å². The number of nitrogens with one attached hydrogen (secondary N) is 1. The summed E-state index contributed by atoms with van der Waals surface area (Å²) >= 11 is 7.32. The highest BCUT2D eigenvalue weighted by Crippen LogP contribution is 2.47. The van der Waals surface area contributed by atoms with E-state index in [-0.39, 0.29) is 11.5 Å². The number of fused-ring (bicyclic) bond motifs is 1. The van der Waals surface area contributed by atoms with E-state index in [0.717, 1.165) is 29.6 Å². The van der Waals surface area contributed by atoms with Crippen LogP contribution in [-0.4, -0.2) is 38.6 Å². The molecule has 5 rings (SSSR count). The van der Waals surface area contributed by atoms with Crippen LogP contribution in [0.5, 0.6) is 11.5 Å². The van der Waals surface area contributed by atoms with Gasteiger partial charge >= 0.3 is 6.29 Å². The normalized spacial score (nSPS) is 16.5. The highest BCUT2D eigenvalue weighted by molar-refractivity contribution is 8.14. The fraction of sp³-hybridized carbons (Fsp3) is 0.182. The summed E-state index contributed by atoms with van der Waals surface area (Å²) in [6.45, 7) is 1.63. The van der Waals surface area contributed by atoms with Gasteiger partial charge in [-0.05, 0) is 17.7 Å². The maximum absolute atomic E-state index is 13.0. The van der Waals surface area contributed by atoms with Gasteiger partial charge in [0, 0.05) is 48.6 Å². The van der Waals surface area contributed by atoms with Crippen molar-refractivity contribution in [1.29, 1.82) is 10.5 Å². The van der Waals surface area contributed by atoms with Crippen LogP contribution in [-0.2, 0) is 6.54 Å². The molecule has 0 unspecified atom stereocenters. The fourth-order valence-corrected chi connectivity index (χ4v) is 4.36. The number of aromatic nitrogens is 2. The minimum Gasteiger partial charge on any atom is -0.395 e. The lowest BCUT2D eigenvalue weighted by Gasteiger charge is -2.16. The van der Waals surface area contributed by atoms with E-state index in [1.807, 2.05) is 18.3 Å². The van der Waals surface area contributed by atoms with Crippen molar-refractivity contribution >= 4 is 28.5 Å². The van der Waals surface area contributed by atoms with Crippen molar-refractivity contribution in [3.63, 3.8) is 0 Å². The zero-order valence-electron chi connectivity index (χ0n) is 17.3. The number of nitriles is 2. The van der Waals surface area contributed by atoms with Gasteiger partial charge in [0.05, 0.1) is 5.56 Å². The van der Waals surface area contributed by atoms with Gasteiger partial charge in [0.25, 0.3) is 0 Å². The second-order valence-corrected chi connectivity index (χ2v) is 8.40. The minimum absolute atomic E-state index is 0.0393. The van der Waals surface area contributed by atoms with E-state index in [1.165, 1.54) is 12.3 Å². The highest BCUT2D eigenvalue weighted by Gasteiger charge is 2.44. The SMILES string of the molecule is N#C/N=C1\SCCN1Cc1ccc(Cl)nc1.N#Cc1c[nH]cc1-c1cccc2c1OC(F)(F)O2. The Labute approximate surface area is 202 Å². The number of benzene rings is 1. The van der Waals surface area contributed by atoms with Gasteiger partial charge in [0.2, 0.25) is 6.19 Å². The first-order valence-corrected chi connectivity index (χ1v) is 11.2. The zero-order chi connectivity index (χ0) is 24.1. The maximum Gasteiger partial charge on any atom is 0.586 e. The predicted octanol–water partition coefficient (Wildman–Crippen LogP) is 5.00. The van der Waals surface area contributed by atoms with Gasteiger partial charge in [0.1, 0.15) is 11.2 Å². The summed E-state index contributed by atoms with van der Waals surface area (Å²) in [7, 11) is 0. The summed E-state index contributed by atoms with van der Waals surface area (Å²) in [6, 6.07) is 10.2. The number of ether oxygens (including phenoxy) is 2. The fourth-order valence-electron chi connectivity index (χ4n) is 3.31. The number of hydrogen-bond donors (Lipinski definition) is 1. The standard InChI is InChI=1S/C12H6F2N2O2.C10H9ClN4S/c13-12(14)17-10-3-1-2-8(11(10)18-12)9-6-16-5-7(9)4-15;11-9-2-1-8(5-13-9)6-15-3-4-16-10(15)14-7-12/h1-3,5-6,16H;1-2,5H,3-4,6H2/b;14-10-. The number of pyridine rings is 1. The average molecular weight is 501 g/mol. The number of halogens is 3. The van der Waals surface area contributed by atoms with Crippen LogP contribution in [0, 0.1) is 22.8 Å². The molecule has 0 amide bonds. The molecule has 2 aliphatic heterocycles. The summed E-state index contributed by atoms with van der Waals surface area (Å²) in [6.07, 6.45) is 2.94. The molecule has 1 aromatic carbocycles. The van der Waals surface area contributed by atoms with Crippen LogP contribution in [0.25, 0.3) is 11.1 Å². The van der Waals surface area contributed by atoms with E-state index in [2.05, 4.69) is 29.3 Å². The monoisotopic (exact) mass is 500 g/mol. The van der Waals surface area contributed by atoms with Gasteiger partial charge in [0.15, 0.2) is 16.7 Å². The molecular weight excluding hydrogens is 486 g/mol. The van der Waals surface area contributed by atoms with E-state index in [9.17, 15) is 8.78 Å². The van der Waals surface area contributed by atoms with Gasteiger partial charge in [-0.3, -0.25) is 0 Å². The third-order valence-electron chi connectivity index (χ3n) is 4.76. The predicted molar refractivity (Wildman–Crippen MR) is 122 cm³/mol. The lowest BCUT2D eigenvalue weighted by molar-refractivity contribution is -0.286. The molecule has 1 N–H and O–H groups in total. The van der Waals surface area contributed by atoms with Crippen molar-refractivity contribution in [3.8, 4) is 34.9 Å². The van der Waals surface area contributed by atoms with E-state index >= 15 is 0 Å². The Morgan fingerprint density at radius 2 is 2.06 bits per heavy atom. The number of rotatable bonds is 3. The van der Waals surface area contributed by atoms with E-state index in [1.54, 1.807) is 42.4 Å². The van der Waals surface area contributed by atoms with Crippen LogP contribution in [0.3, 0.4) is 0 Å². The number of H-pyrrole nitrogens is 1. The van der Waals surface area contributed by atoms with E-state index in [4.69, 9.17) is 22.1 Å². The van der Waals surface area contributed by atoms with Crippen LogP contribution >= 0.6 is 23.4 Å². The molecule has 0 spiro atoms. The second-order valence-electron chi connectivity index (χ2n) is 6.95. The summed E-state index contributed by atoms with van der Waals surface area (Å²) in [4.78, 5) is 12.6. The van der Waals surface area contributed by atoms with Gasteiger partial charge < -0.3 is 19.4 Å². The Bertz CT molecular complexity index is 1300. The number of amidine groups is 1. The number of thioether (sulfide) groups is 1. The molecule has 0 atom stereocenters. The van der Waals surface area contributed by atoms with Crippen molar-refractivity contribution < 1.29 is 18.3 Å². The summed E-state index contributed by atoms with van der Waals surface area (Å²) in [5.74, 6) is 0.878. The molecule has 4 heterocycles. The molecule has 2 aliphatic rings. The Morgan fingerprint density at radius 1 is 1.21 bits per heavy atom. The van der Waals surface area contributed by atoms with Crippen molar-refractivity contribution in [2.45, 2.75) is 12.8 Å². The van der Waals surface area contributed by atoms with Crippen molar-refractivity contribution in [2.75, 3.05) is 12.3 Å². The van der Waals surface area contributed by atoms with Crippen LogP contribution in [0.1, 0.15) is 11.1 Å². The first-order chi connectivity index (χ1) is 16.4. The molecule has 1 fully saturated rings. The van der Waals surface area contributed by atoms with Crippen LogP contribution in [0.15, 0.2) is 53.9 Å². The van der Waals surface area contributed by atoms with Crippen LogP contribution in [0.4, 0.5) is 8.78 Å². The number of para-hydroxylation sites is 1. The Balaban J connectivity index is 0.000000162. The first kappa shape index (κ1) is 23.4. The molecule has 2 aromatic heterocycles. The molecule has 12 heteroatoms. The molecule has 172 valence electrons. The van der Waals surface area contributed by atoms with Gasteiger partial charge in [-0.1, -0.05) is 41.6 Å². The van der Waals surface area contributed by atoms with Crippen molar-refractivity contribution in [3.05, 3.63) is 65.2 Å². The third kappa shape index (κ3) is 5.22. The molecule has 0 radical (unpaired) electrons. The number of alkyl halides is 2. The number of hydrogen-bond acceptors (Lipinski definition) is 7. The molecule has 3 aromatic rings. The molecule has 8 nitrogen and oxygen atoms in total. The minimum atomic E-state index is -3.67. The topological polar surface area (TPSA) is 110 Å².